The van der Waals surface area contributed by atoms with E-state index in [-0.39, 0.29) is 19.2 Å². The second kappa shape index (κ2) is 50.7. The Labute approximate surface area is 360 Å². The van der Waals surface area contributed by atoms with Crippen molar-refractivity contribution in [3.8, 4) is 0 Å². The van der Waals surface area contributed by atoms with Crippen molar-refractivity contribution in [2.75, 3.05) is 19.8 Å². The van der Waals surface area contributed by atoms with E-state index in [0.717, 1.165) is 64.2 Å². The lowest BCUT2D eigenvalue weighted by molar-refractivity contribution is -0.154. The number of unbranched alkanes of at least 4 members (excludes halogenated alkanes) is 23. The third-order valence-electron chi connectivity index (χ3n) is 10.5. The van der Waals surface area contributed by atoms with Crippen LogP contribution in [0.5, 0.6) is 0 Å². The van der Waals surface area contributed by atoms with Crippen molar-refractivity contribution in [3.63, 3.8) is 0 Å². The fourth-order valence-electron chi connectivity index (χ4n) is 6.85. The third kappa shape index (κ3) is 47.9. The molecule has 0 aliphatic rings. The van der Waals surface area contributed by atoms with E-state index in [1.54, 1.807) is 0 Å². The van der Waals surface area contributed by atoms with Crippen molar-refractivity contribution < 1.29 is 19.4 Å². The molecule has 0 saturated carbocycles. The van der Waals surface area contributed by atoms with Crippen molar-refractivity contribution in [2.24, 2.45) is 0 Å². The van der Waals surface area contributed by atoms with Gasteiger partial charge in [-0.15, -0.1) is 0 Å². The molecule has 334 valence electrons. The number of aliphatic hydroxyl groups excluding tert-OH is 1. The Balaban J connectivity index is 3.52. The summed E-state index contributed by atoms with van der Waals surface area (Å²) in [6.07, 6.45) is 71.0. The number of carbonyl (C=O) groups is 1. The molecule has 0 rings (SSSR count). The van der Waals surface area contributed by atoms with E-state index in [0.29, 0.717) is 13.0 Å². The quantitative estimate of drug-likeness (QED) is 0.0378. The van der Waals surface area contributed by atoms with Crippen LogP contribution < -0.4 is 0 Å². The topological polar surface area (TPSA) is 55.8 Å². The standard InChI is InChI=1S/C54H94O4/c1-3-5-7-9-11-13-15-17-19-21-23-25-27-29-31-33-35-37-39-41-43-45-47-49-54(56)58-53(51-55)52-57-50-48-46-44-42-40-38-36-34-32-30-28-26-24-22-20-18-16-14-12-10-8-6-4-2/h5,7,11,13,17,19,23,25,29,31,35,37,41,43,53,55H,3-4,6,8-10,12,14-16,18,20-22,24,26-28,30,32-34,36,38-40,42,44-52H2,1-2H3/b7-5-,13-11-,19-17-,25-23-,31-29-,37-35-,43-41-. The van der Waals surface area contributed by atoms with Crippen LogP contribution in [0.1, 0.15) is 226 Å². The van der Waals surface area contributed by atoms with E-state index in [4.69, 9.17) is 9.47 Å². The Morgan fingerprint density at radius 2 is 0.759 bits per heavy atom. The number of rotatable bonds is 45. The van der Waals surface area contributed by atoms with Crippen LogP contribution in [0.3, 0.4) is 0 Å². The summed E-state index contributed by atoms with van der Waals surface area (Å²) in [5, 5.41) is 9.63. The Kier molecular flexibility index (Phi) is 48.6. The zero-order valence-corrected chi connectivity index (χ0v) is 38.3. The summed E-state index contributed by atoms with van der Waals surface area (Å²) in [5.41, 5.74) is 0. The van der Waals surface area contributed by atoms with Gasteiger partial charge in [0.2, 0.25) is 0 Å². The Hall–Kier alpha value is -2.43. The molecule has 4 heteroatoms. The van der Waals surface area contributed by atoms with Gasteiger partial charge in [0.25, 0.3) is 0 Å². The van der Waals surface area contributed by atoms with E-state index >= 15 is 0 Å². The van der Waals surface area contributed by atoms with Crippen LogP contribution >= 0.6 is 0 Å². The number of aliphatic hydroxyl groups is 1. The van der Waals surface area contributed by atoms with E-state index in [2.05, 4.69) is 98.9 Å². The first kappa shape index (κ1) is 55.6. The number of allylic oxidation sites excluding steroid dienone is 14. The average Bonchev–Trinajstić information content (AvgIpc) is 3.23. The molecule has 58 heavy (non-hydrogen) atoms. The van der Waals surface area contributed by atoms with Crippen molar-refractivity contribution in [2.45, 2.75) is 232 Å². The minimum atomic E-state index is -0.569. The molecule has 0 aliphatic carbocycles. The summed E-state index contributed by atoms with van der Waals surface area (Å²) in [6, 6.07) is 0. The second-order valence-electron chi connectivity index (χ2n) is 16.2. The van der Waals surface area contributed by atoms with Crippen molar-refractivity contribution >= 4 is 5.97 Å². The van der Waals surface area contributed by atoms with Gasteiger partial charge in [0.1, 0.15) is 6.10 Å². The molecule has 1 atom stereocenters. The number of esters is 1. The van der Waals surface area contributed by atoms with E-state index in [9.17, 15) is 9.90 Å². The minimum Gasteiger partial charge on any atom is -0.457 e. The minimum absolute atomic E-state index is 0.197. The summed E-state index contributed by atoms with van der Waals surface area (Å²) >= 11 is 0. The predicted molar refractivity (Wildman–Crippen MR) is 255 cm³/mol. The lowest BCUT2D eigenvalue weighted by Crippen LogP contribution is -2.27. The van der Waals surface area contributed by atoms with Crippen LogP contribution in [0.15, 0.2) is 85.1 Å². The largest absolute Gasteiger partial charge is 0.457 e. The fraction of sp³-hybridized carbons (Fsp3) is 0.722. The number of carbonyl (C=O) groups excluding carboxylic acids is 1. The zero-order chi connectivity index (χ0) is 41.9. The molecule has 0 bridgehead atoms. The molecule has 0 aliphatic heterocycles. The zero-order valence-electron chi connectivity index (χ0n) is 38.3. The first-order valence-corrected chi connectivity index (χ1v) is 24.7. The highest BCUT2D eigenvalue weighted by molar-refractivity contribution is 5.69. The van der Waals surface area contributed by atoms with Gasteiger partial charge >= 0.3 is 5.97 Å². The summed E-state index contributed by atoms with van der Waals surface area (Å²) in [7, 11) is 0. The van der Waals surface area contributed by atoms with Crippen LogP contribution in [0.25, 0.3) is 0 Å². The molecule has 0 aromatic carbocycles. The first-order chi connectivity index (χ1) is 28.7. The van der Waals surface area contributed by atoms with Gasteiger partial charge < -0.3 is 14.6 Å². The summed E-state index contributed by atoms with van der Waals surface area (Å²) < 4.78 is 11.2. The highest BCUT2D eigenvalue weighted by atomic mass is 16.6. The molecule has 0 aromatic heterocycles. The van der Waals surface area contributed by atoms with Crippen molar-refractivity contribution in [1.29, 1.82) is 0 Å². The summed E-state index contributed by atoms with van der Waals surface area (Å²) in [5.74, 6) is -0.257. The molecule has 0 heterocycles. The lowest BCUT2D eigenvalue weighted by atomic mass is 10.0. The van der Waals surface area contributed by atoms with Crippen LogP contribution in [0.2, 0.25) is 0 Å². The van der Waals surface area contributed by atoms with Crippen LogP contribution in [-0.2, 0) is 14.3 Å². The molecular formula is C54H94O4. The Morgan fingerprint density at radius 1 is 0.431 bits per heavy atom. The monoisotopic (exact) mass is 807 g/mol. The van der Waals surface area contributed by atoms with E-state index in [1.165, 1.54) is 141 Å². The van der Waals surface area contributed by atoms with Crippen molar-refractivity contribution in [1.82, 2.24) is 0 Å². The number of ether oxygens (including phenoxy) is 2. The average molecular weight is 807 g/mol. The van der Waals surface area contributed by atoms with Crippen LogP contribution in [0, 0.1) is 0 Å². The highest BCUT2D eigenvalue weighted by Crippen LogP contribution is 2.16. The normalized spacial score (nSPS) is 13.1. The molecule has 1 unspecified atom stereocenters. The van der Waals surface area contributed by atoms with Gasteiger partial charge in [0.05, 0.1) is 13.2 Å². The highest BCUT2D eigenvalue weighted by Gasteiger charge is 2.13. The Bertz CT molecular complexity index is 1030. The summed E-state index contributed by atoms with van der Waals surface area (Å²) in [4.78, 5) is 12.2. The molecular weight excluding hydrogens is 713 g/mol. The number of hydrogen-bond donors (Lipinski definition) is 1. The predicted octanol–water partition coefficient (Wildman–Crippen LogP) is 16.7. The molecule has 0 spiro atoms. The third-order valence-corrected chi connectivity index (χ3v) is 10.5. The molecule has 0 amide bonds. The maximum atomic E-state index is 12.2. The van der Waals surface area contributed by atoms with Gasteiger partial charge in [-0.25, -0.2) is 0 Å². The van der Waals surface area contributed by atoms with E-state index in [1.807, 2.05) is 0 Å². The van der Waals surface area contributed by atoms with Gasteiger partial charge in [0, 0.05) is 13.0 Å². The summed E-state index contributed by atoms with van der Waals surface area (Å²) in [6.45, 7) is 5.19. The van der Waals surface area contributed by atoms with Gasteiger partial charge in [0.15, 0.2) is 0 Å². The van der Waals surface area contributed by atoms with Crippen LogP contribution in [0.4, 0.5) is 0 Å². The Morgan fingerprint density at radius 3 is 1.10 bits per heavy atom. The fourth-order valence-corrected chi connectivity index (χ4v) is 6.85. The first-order valence-electron chi connectivity index (χ1n) is 24.7. The maximum absolute atomic E-state index is 12.2. The SMILES string of the molecule is CC/C=C\C/C=C\C/C=C\C/C=C\C/C=C\C/C=C\C/C=C\CCCC(=O)OC(CO)COCCCCCCCCCCCCCCCCCCCCCCCCC. The lowest BCUT2D eigenvalue weighted by Gasteiger charge is -2.15. The molecule has 0 aromatic rings. The van der Waals surface area contributed by atoms with Gasteiger partial charge in [-0.1, -0.05) is 240 Å². The number of hydrogen-bond acceptors (Lipinski definition) is 4. The van der Waals surface area contributed by atoms with Gasteiger partial charge in [-0.05, 0) is 64.2 Å². The smallest absolute Gasteiger partial charge is 0.306 e. The second-order valence-corrected chi connectivity index (χ2v) is 16.2. The van der Waals surface area contributed by atoms with Gasteiger partial charge in [-0.3, -0.25) is 4.79 Å². The molecule has 0 saturated heterocycles. The molecule has 4 nitrogen and oxygen atoms in total. The van der Waals surface area contributed by atoms with Crippen LogP contribution in [-0.4, -0.2) is 37.0 Å². The van der Waals surface area contributed by atoms with Crippen molar-refractivity contribution in [3.05, 3.63) is 85.1 Å². The molecule has 0 radical (unpaired) electrons. The molecule has 0 fully saturated rings. The van der Waals surface area contributed by atoms with E-state index < -0.39 is 6.10 Å². The van der Waals surface area contributed by atoms with Gasteiger partial charge in [-0.2, -0.15) is 0 Å². The maximum Gasteiger partial charge on any atom is 0.306 e. The molecule has 1 N–H and O–H groups in total.